The third kappa shape index (κ3) is 5.57. The van der Waals surface area contributed by atoms with Crippen LogP contribution in [-0.2, 0) is 9.53 Å². The van der Waals surface area contributed by atoms with E-state index in [1.165, 1.54) is 15.9 Å². The summed E-state index contributed by atoms with van der Waals surface area (Å²) >= 11 is 13.4. The largest absolute Gasteiger partial charge is 0.493 e. The Balaban J connectivity index is 1.65. The van der Waals surface area contributed by atoms with Crippen molar-refractivity contribution >= 4 is 46.6 Å². The van der Waals surface area contributed by atoms with Crippen molar-refractivity contribution in [1.29, 1.82) is 0 Å². The van der Waals surface area contributed by atoms with Crippen LogP contribution in [0.3, 0.4) is 0 Å². The lowest BCUT2D eigenvalue weighted by Crippen LogP contribution is -2.39. The number of aromatic nitrogens is 1. The molecule has 1 aliphatic heterocycles. The minimum absolute atomic E-state index is 0.180. The van der Waals surface area contributed by atoms with Gasteiger partial charge >= 0.3 is 5.97 Å². The lowest BCUT2D eigenvalue weighted by Gasteiger charge is -2.25. The van der Waals surface area contributed by atoms with Crippen LogP contribution in [0.1, 0.15) is 38.1 Å². The van der Waals surface area contributed by atoms with Crippen LogP contribution in [0, 0.1) is 0 Å². The monoisotopic (exact) mass is 612 g/mol. The molecule has 2 aromatic carbocycles. The van der Waals surface area contributed by atoms with Gasteiger partial charge in [-0.3, -0.25) is 9.36 Å². The standard InChI is InChI=1S/C30H26Cl2N2O6S/c1-5-38-24-14-18(8-11-23(24)37-4)27-26(29(36)39-6-2)16(3)33-30-34(27)28(35)25(41-30)15-19-9-12-22(40-19)17-7-10-20(31)21(32)13-17/h7-15,27H,5-6H2,1-4H3/b25-15-/t27-/m0/s1. The van der Waals surface area contributed by atoms with Gasteiger partial charge in [-0.25, -0.2) is 9.79 Å². The molecule has 0 saturated carbocycles. The number of carbonyl (C=O) groups excluding carboxylic acids is 1. The second-order valence-electron chi connectivity index (χ2n) is 8.98. The molecule has 41 heavy (non-hydrogen) atoms. The van der Waals surface area contributed by atoms with Gasteiger partial charge in [-0.2, -0.15) is 0 Å². The molecule has 0 bridgehead atoms. The molecule has 4 aromatic rings. The molecule has 2 aromatic heterocycles. The van der Waals surface area contributed by atoms with Gasteiger partial charge in [0.25, 0.3) is 5.56 Å². The van der Waals surface area contributed by atoms with Crippen LogP contribution in [0.2, 0.25) is 10.0 Å². The molecule has 0 radical (unpaired) electrons. The molecule has 0 amide bonds. The number of benzene rings is 2. The van der Waals surface area contributed by atoms with Crippen LogP contribution in [0.25, 0.3) is 17.4 Å². The van der Waals surface area contributed by atoms with Crippen LogP contribution in [0.15, 0.2) is 74.0 Å². The van der Waals surface area contributed by atoms with E-state index in [9.17, 15) is 9.59 Å². The van der Waals surface area contributed by atoms with Crippen molar-refractivity contribution in [1.82, 2.24) is 4.57 Å². The lowest BCUT2D eigenvalue weighted by atomic mass is 9.95. The smallest absolute Gasteiger partial charge is 0.338 e. The molecule has 1 aliphatic rings. The van der Waals surface area contributed by atoms with Crippen molar-refractivity contribution < 1.29 is 23.4 Å². The fourth-order valence-electron chi connectivity index (χ4n) is 4.60. The third-order valence-electron chi connectivity index (χ3n) is 6.42. The number of carbonyl (C=O) groups is 1. The molecular weight excluding hydrogens is 587 g/mol. The Morgan fingerprint density at radius 2 is 1.88 bits per heavy atom. The van der Waals surface area contributed by atoms with E-state index in [1.807, 2.05) is 6.92 Å². The van der Waals surface area contributed by atoms with Gasteiger partial charge in [-0.05, 0) is 68.8 Å². The van der Waals surface area contributed by atoms with Gasteiger partial charge in [-0.1, -0.05) is 40.6 Å². The van der Waals surface area contributed by atoms with Gasteiger partial charge in [0.2, 0.25) is 0 Å². The number of halogens is 2. The highest BCUT2D eigenvalue weighted by atomic mass is 35.5. The predicted molar refractivity (Wildman–Crippen MR) is 159 cm³/mol. The number of rotatable bonds is 8. The Hall–Kier alpha value is -3.79. The second-order valence-corrected chi connectivity index (χ2v) is 10.8. The minimum atomic E-state index is -0.791. The van der Waals surface area contributed by atoms with Gasteiger partial charge in [-0.15, -0.1) is 0 Å². The first-order valence-corrected chi connectivity index (χ1v) is 14.4. The van der Waals surface area contributed by atoms with Gasteiger partial charge in [0.15, 0.2) is 16.3 Å². The number of thiazole rings is 1. The topological polar surface area (TPSA) is 92.3 Å². The molecule has 8 nitrogen and oxygen atoms in total. The van der Waals surface area contributed by atoms with Gasteiger partial charge in [0, 0.05) is 11.6 Å². The zero-order valence-corrected chi connectivity index (χ0v) is 25.0. The van der Waals surface area contributed by atoms with E-state index in [-0.39, 0.29) is 17.7 Å². The summed E-state index contributed by atoms with van der Waals surface area (Å²) in [4.78, 5) is 32.1. The molecule has 0 unspecified atom stereocenters. The maximum atomic E-state index is 13.9. The first-order chi connectivity index (χ1) is 19.7. The number of furan rings is 1. The minimum Gasteiger partial charge on any atom is -0.493 e. The van der Waals surface area contributed by atoms with E-state index < -0.39 is 12.0 Å². The van der Waals surface area contributed by atoms with Crippen molar-refractivity contribution in [2.45, 2.75) is 26.8 Å². The molecule has 1 atom stereocenters. The highest BCUT2D eigenvalue weighted by Crippen LogP contribution is 2.36. The van der Waals surface area contributed by atoms with E-state index in [0.717, 1.165) is 5.56 Å². The fraction of sp³-hybridized carbons (Fsp3) is 0.233. The third-order valence-corrected chi connectivity index (χ3v) is 8.15. The summed E-state index contributed by atoms with van der Waals surface area (Å²) in [6.45, 7) is 5.92. The number of hydrogen-bond donors (Lipinski definition) is 0. The Bertz CT molecular complexity index is 1850. The van der Waals surface area contributed by atoms with E-state index in [0.29, 0.717) is 60.3 Å². The Kier molecular flexibility index (Phi) is 8.40. The zero-order chi connectivity index (χ0) is 29.3. The van der Waals surface area contributed by atoms with E-state index in [1.54, 1.807) is 75.6 Å². The quantitative estimate of drug-likeness (QED) is 0.234. The second kappa shape index (κ2) is 12.0. The van der Waals surface area contributed by atoms with Crippen LogP contribution >= 0.6 is 34.5 Å². The number of hydrogen-bond acceptors (Lipinski definition) is 8. The molecule has 5 rings (SSSR count). The highest BCUT2D eigenvalue weighted by Gasteiger charge is 2.34. The summed E-state index contributed by atoms with van der Waals surface area (Å²) in [5, 5.41) is 0.856. The van der Waals surface area contributed by atoms with E-state index >= 15 is 0 Å². The van der Waals surface area contributed by atoms with Crippen LogP contribution in [-0.4, -0.2) is 30.9 Å². The number of esters is 1. The highest BCUT2D eigenvalue weighted by molar-refractivity contribution is 7.07. The number of fused-ring (bicyclic) bond motifs is 1. The van der Waals surface area contributed by atoms with Crippen LogP contribution < -0.4 is 24.4 Å². The first kappa shape index (κ1) is 28.7. The number of nitrogens with zero attached hydrogens (tertiary/aromatic N) is 2. The van der Waals surface area contributed by atoms with E-state index in [4.69, 9.17) is 41.8 Å². The normalized spacial score (nSPS) is 15.0. The van der Waals surface area contributed by atoms with Crippen LogP contribution in [0.5, 0.6) is 11.5 Å². The summed E-state index contributed by atoms with van der Waals surface area (Å²) in [6, 6.07) is 13.3. The Morgan fingerprint density at radius 3 is 2.59 bits per heavy atom. The van der Waals surface area contributed by atoms with Gasteiger partial charge in [0.05, 0.1) is 52.2 Å². The summed E-state index contributed by atoms with van der Waals surface area (Å²) in [5.41, 5.74) is 1.82. The van der Waals surface area contributed by atoms with Crippen molar-refractivity contribution in [3.05, 3.63) is 101 Å². The first-order valence-electron chi connectivity index (χ1n) is 12.8. The number of allylic oxidation sites excluding steroid dienone is 1. The Morgan fingerprint density at radius 1 is 1.07 bits per heavy atom. The zero-order valence-electron chi connectivity index (χ0n) is 22.7. The maximum Gasteiger partial charge on any atom is 0.338 e. The summed E-state index contributed by atoms with van der Waals surface area (Å²) < 4.78 is 24.5. The maximum absolute atomic E-state index is 13.9. The average Bonchev–Trinajstić information content (AvgIpc) is 3.54. The van der Waals surface area contributed by atoms with Crippen molar-refractivity contribution in [3.63, 3.8) is 0 Å². The van der Waals surface area contributed by atoms with Crippen LogP contribution in [0.4, 0.5) is 0 Å². The predicted octanol–water partition coefficient (Wildman–Crippen LogP) is 5.77. The molecule has 3 heterocycles. The van der Waals surface area contributed by atoms with E-state index in [2.05, 4.69) is 4.99 Å². The van der Waals surface area contributed by atoms with Crippen molar-refractivity contribution in [2.24, 2.45) is 4.99 Å². The average molecular weight is 614 g/mol. The molecule has 11 heteroatoms. The molecule has 0 fully saturated rings. The molecule has 0 saturated heterocycles. The summed E-state index contributed by atoms with van der Waals surface area (Å²) in [6.07, 6.45) is 1.66. The Labute approximate surface area is 249 Å². The number of methoxy groups -OCH3 is 1. The molecule has 0 N–H and O–H groups in total. The fourth-order valence-corrected chi connectivity index (χ4v) is 5.93. The molecular formula is C30H26Cl2N2O6S. The molecule has 0 aliphatic carbocycles. The molecule has 0 spiro atoms. The summed E-state index contributed by atoms with van der Waals surface area (Å²) in [7, 11) is 1.55. The number of ether oxygens (including phenoxy) is 3. The lowest BCUT2D eigenvalue weighted by molar-refractivity contribution is -0.139. The van der Waals surface area contributed by atoms with Gasteiger partial charge < -0.3 is 18.6 Å². The van der Waals surface area contributed by atoms with Gasteiger partial charge in [0.1, 0.15) is 11.5 Å². The SMILES string of the molecule is CCOC(=O)C1=C(C)N=c2s/c(=C\c3ccc(-c4ccc(Cl)c(Cl)c4)o3)c(=O)n2[C@H]1c1ccc(OC)c(OCC)c1. The molecule has 212 valence electrons. The van der Waals surface area contributed by atoms with Crippen molar-refractivity contribution in [3.8, 4) is 22.8 Å². The van der Waals surface area contributed by atoms with Crippen molar-refractivity contribution in [2.75, 3.05) is 20.3 Å². The summed E-state index contributed by atoms with van der Waals surface area (Å²) in [5.74, 6) is 1.54.